The molecular weight excluding hydrogens is 257 g/mol. The molecule has 0 aliphatic carbocycles. The molecule has 0 aliphatic rings. The molecule has 0 spiro atoms. The van der Waals surface area contributed by atoms with Gasteiger partial charge in [-0.3, -0.25) is 4.79 Å². The number of carbonyl (C=O) groups excluding carboxylic acids is 1. The van der Waals surface area contributed by atoms with E-state index in [9.17, 15) is 18.0 Å². The highest BCUT2D eigenvalue weighted by molar-refractivity contribution is 5.95. The van der Waals surface area contributed by atoms with Gasteiger partial charge in [0.1, 0.15) is 0 Å². The SMILES string of the molecule is CCC[C@@H](N)C(=O)Nc1cc(C(F)(F)F)ccc1C. The Labute approximate surface area is 110 Å². The van der Waals surface area contributed by atoms with Crippen LogP contribution in [-0.4, -0.2) is 11.9 Å². The van der Waals surface area contributed by atoms with Gasteiger partial charge in [-0.1, -0.05) is 19.4 Å². The Balaban J connectivity index is 2.92. The van der Waals surface area contributed by atoms with Gasteiger partial charge < -0.3 is 11.1 Å². The number of carbonyl (C=O) groups is 1. The summed E-state index contributed by atoms with van der Waals surface area (Å²) in [5, 5.41) is 2.44. The molecule has 1 aromatic carbocycles. The lowest BCUT2D eigenvalue weighted by Crippen LogP contribution is -2.35. The molecule has 0 saturated carbocycles. The molecule has 0 fully saturated rings. The van der Waals surface area contributed by atoms with Gasteiger partial charge in [0.25, 0.3) is 0 Å². The van der Waals surface area contributed by atoms with Crippen LogP contribution in [-0.2, 0) is 11.0 Å². The van der Waals surface area contributed by atoms with E-state index in [-0.39, 0.29) is 5.69 Å². The van der Waals surface area contributed by atoms with Crippen LogP contribution in [0, 0.1) is 6.92 Å². The third kappa shape index (κ3) is 4.24. The fourth-order valence-corrected chi connectivity index (χ4v) is 1.60. The number of alkyl halides is 3. The number of nitrogens with two attached hydrogens (primary N) is 1. The smallest absolute Gasteiger partial charge is 0.324 e. The molecule has 0 bridgehead atoms. The average Bonchev–Trinajstić information content (AvgIpc) is 2.30. The van der Waals surface area contributed by atoms with Crippen molar-refractivity contribution in [2.45, 2.75) is 38.9 Å². The van der Waals surface area contributed by atoms with Gasteiger partial charge in [-0.15, -0.1) is 0 Å². The van der Waals surface area contributed by atoms with E-state index in [2.05, 4.69) is 5.32 Å². The van der Waals surface area contributed by atoms with Crippen LogP contribution < -0.4 is 11.1 Å². The zero-order valence-corrected chi connectivity index (χ0v) is 10.8. The Bertz CT molecular complexity index is 458. The highest BCUT2D eigenvalue weighted by Crippen LogP contribution is 2.32. The third-order valence-corrected chi connectivity index (χ3v) is 2.76. The third-order valence-electron chi connectivity index (χ3n) is 2.76. The van der Waals surface area contributed by atoms with Crippen molar-refractivity contribution in [3.63, 3.8) is 0 Å². The van der Waals surface area contributed by atoms with Crippen LogP contribution in [0.25, 0.3) is 0 Å². The van der Waals surface area contributed by atoms with E-state index >= 15 is 0 Å². The van der Waals surface area contributed by atoms with Crippen LogP contribution >= 0.6 is 0 Å². The van der Waals surface area contributed by atoms with Gasteiger partial charge >= 0.3 is 6.18 Å². The van der Waals surface area contributed by atoms with E-state index in [1.54, 1.807) is 6.92 Å². The van der Waals surface area contributed by atoms with Gasteiger partial charge in [0.15, 0.2) is 0 Å². The van der Waals surface area contributed by atoms with Crippen molar-refractivity contribution in [3.8, 4) is 0 Å². The van der Waals surface area contributed by atoms with E-state index in [1.807, 2.05) is 6.92 Å². The molecule has 19 heavy (non-hydrogen) atoms. The average molecular weight is 274 g/mol. The van der Waals surface area contributed by atoms with E-state index in [0.717, 1.165) is 18.6 Å². The summed E-state index contributed by atoms with van der Waals surface area (Å²) in [6.45, 7) is 3.50. The normalized spacial score (nSPS) is 13.2. The van der Waals surface area contributed by atoms with Crippen LogP contribution in [0.2, 0.25) is 0 Å². The maximum atomic E-state index is 12.6. The first-order valence-corrected chi connectivity index (χ1v) is 6.00. The van der Waals surface area contributed by atoms with Crippen molar-refractivity contribution in [1.29, 1.82) is 0 Å². The molecule has 3 nitrogen and oxygen atoms in total. The number of nitrogens with one attached hydrogen (secondary N) is 1. The Kier molecular flexibility index (Phi) is 4.94. The first kappa shape index (κ1) is 15.5. The molecule has 0 heterocycles. The quantitative estimate of drug-likeness (QED) is 0.886. The predicted molar refractivity (Wildman–Crippen MR) is 67.7 cm³/mol. The number of hydrogen-bond acceptors (Lipinski definition) is 2. The van der Waals surface area contributed by atoms with Gasteiger partial charge in [-0.25, -0.2) is 0 Å². The number of aryl methyl sites for hydroxylation is 1. The molecule has 0 unspecified atom stereocenters. The van der Waals surface area contributed by atoms with E-state index in [0.29, 0.717) is 12.0 Å². The van der Waals surface area contributed by atoms with Crippen LogP contribution in [0.15, 0.2) is 18.2 Å². The second-order valence-corrected chi connectivity index (χ2v) is 4.41. The molecule has 1 amide bonds. The summed E-state index contributed by atoms with van der Waals surface area (Å²) >= 11 is 0. The summed E-state index contributed by atoms with van der Waals surface area (Å²) in [5.41, 5.74) is 5.53. The van der Waals surface area contributed by atoms with Crippen LogP contribution in [0.4, 0.5) is 18.9 Å². The van der Waals surface area contributed by atoms with Crippen molar-refractivity contribution in [2.24, 2.45) is 5.73 Å². The number of anilines is 1. The summed E-state index contributed by atoms with van der Waals surface area (Å²) in [4.78, 5) is 11.7. The summed E-state index contributed by atoms with van der Waals surface area (Å²) in [6.07, 6.45) is -3.21. The van der Waals surface area contributed by atoms with E-state index < -0.39 is 23.7 Å². The zero-order valence-electron chi connectivity index (χ0n) is 10.8. The highest BCUT2D eigenvalue weighted by Gasteiger charge is 2.31. The minimum atomic E-state index is -4.43. The first-order valence-electron chi connectivity index (χ1n) is 6.00. The number of hydrogen-bond donors (Lipinski definition) is 2. The first-order chi connectivity index (χ1) is 8.75. The van der Waals surface area contributed by atoms with Crippen LogP contribution in [0.1, 0.15) is 30.9 Å². The predicted octanol–water partition coefficient (Wildman–Crippen LogP) is 3.08. The van der Waals surface area contributed by atoms with Crippen molar-refractivity contribution in [3.05, 3.63) is 29.3 Å². The van der Waals surface area contributed by atoms with Gasteiger partial charge in [0.05, 0.1) is 11.6 Å². The van der Waals surface area contributed by atoms with Crippen LogP contribution in [0.3, 0.4) is 0 Å². The molecule has 0 saturated heterocycles. The van der Waals surface area contributed by atoms with Crippen molar-refractivity contribution in [2.75, 3.05) is 5.32 Å². The molecule has 3 N–H and O–H groups in total. The molecule has 0 radical (unpaired) electrons. The minimum Gasteiger partial charge on any atom is -0.324 e. The Morgan fingerprint density at radius 2 is 2.05 bits per heavy atom. The monoisotopic (exact) mass is 274 g/mol. The molecule has 1 rings (SSSR count). The zero-order chi connectivity index (χ0) is 14.6. The van der Waals surface area contributed by atoms with Crippen molar-refractivity contribution < 1.29 is 18.0 Å². The number of halogens is 3. The van der Waals surface area contributed by atoms with Gasteiger partial charge in [0.2, 0.25) is 5.91 Å². The summed E-state index contributed by atoms with van der Waals surface area (Å²) in [7, 11) is 0. The number of rotatable bonds is 4. The van der Waals surface area contributed by atoms with E-state index in [1.165, 1.54) is 6.07 Å². The molecular formula is C13H17F3N2O. The topological polar surface area (TPSA) is 55.1 Å². The molecule has 1 aromatic rings. The lowest BCUT2D eigenvalue weighted by molar-refractivity contribution is -0.137. The van der Waals surface area contributed by atoms with Gasteiger partial charge in [0, 0.05) is 5.69 Å². The lowest BCUT2D eigenvalue weighted by Gasteiger charge is -2.15. The second-order valence-electron chi connectivity index (χ2n) is 4.41. The molecule has 0 aromatic heterocycles. The summed E-state index contributed by atoms with van der Waals surface area (Å²) in [5.74, 6) is -0.468. The maximum absolute atomic E-state index is 12.6. The highest BCUT2D eigenvalue weighted by atomic mass is 19.4. The van der Waals surface area contributed by atoms with E-state index in [4.69, 9.17) is 5.73 Å². The number of benzene rings is 1. The standard InChI is InChI=1S/C13H17F3N2O/c1-3-4-10(17)12(19)18-11-7-9(13(14,15)16)6-5-8(11)2/h5-7,10H,3-4,17H2,1-2H3,(H,18,19)/t10-/m1/s1. The van der Waals surface area contributed by atoms with Gasteiger partial charge in [-0.2, -0.15) is 13.2 Å². The van der Waals surface area contributed by atoms with Crippen molar-refractivity contribution in [1.82, 2.24) is 0 Å². The summed E-state index contributed by atoms with van der Waals surface area (Å²) < 4.78 is 37.7. The second kappa shape index (κ2) is 6.06. The Morgan fingerprint density at radius 1 is 1.42 bits per heavy atom. The lowest BCUT2D eigenvalue weighted by atomic mass is 10.1. The largest absolute Gasteiger partial charge is 0.416 e. The molecule has 0 aliphatic heterocycles. The van der Waals surface area contributed by atoms with Crippen molar-refractivity contribution >= 4 is 11.6 Å². The number of amides is 1. The Hall–Kier alpha value is -1.56. The fraction of sp³-hybridized carbons (Fsp3) is 0.462. The molecule has 6 heteroatoms. The molecule has 1 atom stereocenters. The maximum Gasteiger partial charge on any atom is 0.416 e. The van der Waals surface area contributed by atoms with Crippen LogP contribution in [0.5, 0.6) is 0 Å². The van der Waals surface area contributed by atoms with Gasteiger partial charge in [-0.05, 0) is 31.0 Å². The molecule has 106 valence electrons. The summed E-state index contributed by atoms with van der Waals surface area (Å²) in [6, 6.07) is 2.52. The minimum absolute atomic E-state index is 0.145. The fourth-order valence-electron chi connectivity index (χ4n) is 1.60. The Morgan fingerprint density at radius 3 is 2.58 bits per heavy atom.